The fourth-order valence-corrected chi connectivity index (χ4v) is 6.88. The van der Waals surface area contributed by atoms with Gasteiger partial charge in [0.2, 0.25) is 11.8 Å². The van der Waals surface area contributed by atoms with Crippen molar-refractivity contribution in [2.75, 3.05) is 4.90 Å². The van der Waals surface area contributed by atoms with E-state index in [0.29, 0.717) is 6.42 Å². The topological polar surface area (TPSA) is 37.4 Å². The SMILES string of the molecule is CCC12c3ccccc3C(c3ccccc31)C1C(=O)N(c3ccc(Cl)c(C(F)(F)F)c3)C(=O)C12. The van der Waals surface area contributed by atoms with Crippen molar-refractivity contribution in [2.45, 2.75) is 30.9 Å². The molecule has 4 aliphatic rings. The third kappa shape index (κ3) is 2.49. The minimum Gasteiger partial charge on any atom is -0.274 e. The molecule has 7 rings (SSSR count). The Morgan fingerprint density at radius 1 is 0.912 bits per heavy atom. The number of rotatable bonds is 2. The van der Waals surface area contributed by atoms with Gasteiger partial charge in [0.25, 0.3) is 0 Å². The molecule has 2 atom stereocenters. The Morgan fingerprint density at radius 3 is 2.06 bits per heavy atom. The average molecular weight is 482 g/mol. The van der Waals surface area contributed by atoms with Crippen molar-refractivity contribution in [1.29, 1.82) is 0 Å². The number of amides is 2. The Hall–Kier alpha value is -3.12. The van der Waals surface area contributed by atoms with Crippen LogP contribution in [0.3, 0.4) is 0 Å². The second-order valence-corrected chi connectivity index (χ2v) is 9.56. The first-order valence-corrected chi connectivity index (χ1v) is 11.5. The van der Waals surface area contributed by atoms with Crippen LogP contribution < -0.4 is 4.90 Å². The predicted octanol–water partition coefficient (Wildman–Crippen LogP) is 6.32. The summed E-state index contributed by atoms with van der Waals surface area (Å²) < 4.78 is 40.6. The second-order valence-electron chi connectivity index (χ2n) is 9.15. The predicted molar refractivity (Wildman–Crippen MR) is 122 cm³/mol. The third-order valence-corrected chi connectivity index (χ3v) is 8.19. The quantitative estimate of drug-likeness (QED) is 0.402. The van der Waals surface area contributed by atoms with Crippen LogP contribution >= 0.6 is 11.6 Å². The number of hydrogen-bond donors (Lipinski definition) is 0. The smallest absolute Gasteiger partial charge is 0.274 e. The molecule has 0 radical (unpaired) electrons. The Balaban J connectivity index is 1.58. The van der Waals surface area contributed by atoms with Crippen molar-refractivity contribution in [2.24, 2.45) is 11.8 Å². The van der Waals surface area contributed by atoms with Gasteiger partial charge in [-0.25, -0.2) is 4.90 Å². The summed E-state index contributed by atoms with van der Waals surface area (Å²) in [6.07, 6.45) is -4.13. The highest BCUT2D eigenvalue weighted by Gasteiger charge is 2.67. The van der Waals surface area contributed by atoms with Crippen LogP contribution in [0.25, 0.3) is 0 Å². The molecular formula is C27H19ClF3NO2. The molecule has 2 unspecified atom stereocenters. The molecule has 2 bridgehead atoms. The fourth-order valence-electron chi connectivity index (χ4n) is 6.65. The number of alkyl halides is 3. The number of anilines is 1. The molecule has 3 aromatic rings. The number of halogens is 4. The van der Waals surface area contributed by atoms with Crippen LogP contribution in [-0.2, 0) is 21.2 Å². The summed E-state index contributed by atoms with van der Waals surface area (Å²) in [4.78, 5) is 28.8. The minimum absolute atomic E-state index is 0.0973. The summed E-state index contributed by atoms with van der Waals surface area (Å²) in [6, 6.07) is 19.0. The van der Waals surface area contributed by atoms with E-state index in [9.17, 15) is 22.8 Å². The number of hydrogen-bond acceptors (Lipinski definition) is 2. The summed E-state index contributed by atoms with van der Waals surface area (Å²) in [5, 5.41) is -0.474. The van der Waals surface area contributed by atoms with Gasteiger partial charge in [0, 0.05) is 11.3 Å². The van der Waals surface area contributed by atoms with E-state index in [1.807, 2.05) is 55.5 Å². The van der Waals surface area contributed by atoms with Gasteiger partial charge in [-0.05, 0) is 46.9 Å². The van der Waals surface area contributed by atoms with Gasteiger partial charge < -0.3 is 0 Å². The van der Waals surface area contributed by atoms with Gasteiger partial charge in [-0.15, -0.1) is 0 Å². The number of imide groups is 1. The lowest BCUT2D eigenvalue weighted by molar-refractivity contribution is -0.137. The lowest BCUT2D eigenvalue weighted by atomic mass is 9.46. The van der Waals surface area contributed by atoms with Crippen LogP contribution in [-0.4, -0.2) is 11.8 Å². The molecule has 0 spiro atoms. The molecule has 0 N–H and O–H groups in total. The van der Waals surface area contributed by atoms with E-state index in [-0.39, 0.29) is 11.6 Å². The van der Waals surface area contributed by atoms with Crippen molar-refractivity contribution in [3.63, 3.8) is 0 Å². The Kier molecular flexibility index (Phi) is 4.38. The van der Waals surface area contributed by atoms with E-state index in [1.54, 1.807) is 0 Å². The van der Waals surface area contributed by atoms with E-state index in [4.69, 9.17) is 11.6 Å². The van der Waals surface area contributed by atoms with E-state index >= 15 is 0 Å². The lowest BCUT2D eigenvalue weighted by Crippen LogP contribution is -2.53. The van der Waals surface area contributed by atoms with Gasteiger partial charge in [-0.3, -0.25) is 9.59 Å². The maximum Gasteiger partial charge on any atom is 0.417 e. The Morgan fingerprint density at radius 2 is 1.50 bits per heavy atom. The van der Waals surface area contributed by atoms with Crippen LogP contribution in [0.2, 0.25) is 5.02 Å². The third-order valence-electron chi connectivity index (χ3n) is 7.87. The van der Waals surface area contributed by atoms with Gasteiger partial charge in [0.05, 0.1) is 28.1 Å². The van der Waals surface area contributed by atoms with Gasteiger partial charge in [-0.2, -0.15) is 13.2 Å². The van der Waals surface area contributed by atoms with Crippen molar-refractivity contribution in [1.82, 2.24) is 0 Å². The van der Waals surface area contributed by atoms with Gasteiger partial charge in [-0.1, -0.05) is 67.1 Å². The van der Waals surface area contributed by atoms with E-state index < -0.39 is 45.8 Å². The summed E-state index contributed by atoms with van der Waals surface area (Å²) >= 11 is 5.80. The summed E-state index contributed by atoms with van der Waals surface area (Å²) in [5.74, 6) is -2.62. The second kappa shape index (κ2) is 6.95. The van der Waals surface area contributed by atoms with Crippen molar-refractivity contribution in [3.8, 4) is 0 Å². The molecule has 0 aromatic heterocycles. The van der Waals surface area contributed by atoms with E-state index in [1.165, 1.54) is 6.07 Å². The van der Waals surface area contributed by atoms with Gasteiger partial charge in [0.15, 0.2) is 0 Å². The molecule has 1 heterocycles. The van der Waals surface area contributed by atoms with Crippen LogP contribution in [0.5, 0.6) is 0 Å². The minimum atomic E-state index is -4.71. The first-order chi connectivity index (χ1) is 16.2. The number of carbonyl (C=O) groups excluding carboxylic acids is 2. The molecular weight excluding hydrogens is 463 g/mol. The monoisotopic (exact) mass is 481 g/mol. The highest BCUT2D eigenvalue weighted by atomic mass is 35.5. The first-order valence-electron chi connectivity index (χ1n) is 11.1. The van der Waals surface area contributed by atoms with E-state index in [2.05, 4.69) is 0 Å². The van der Waals surface area contributed by atoms with Gasteiger partial charge in [0.1, 0.15) is 0 Å². The first kappa shape index (κ1) is 21.4. The van der Waals surface area contributed by atoms with E-state index in [0.717, 1.165) is 39.3 Å². The molecule has 2 amide bonds. The molecule has 7 heteroatoms. The standard InChI is InChI=1S/C27H19ClF3NO2/c1-2-26-17-9-5-3-7-15(17)21(16-8-4-6-10-18(16)26)22-23(26)25(34)32(24(22)33)14-11-12-20(28)19(13-14)27(29,30)31/h3-13,21-23H,2H2,1H3. The maximum absolute atomic E-state index is 14.0. The summed E-state index contributed by atoms with van der Waals surface area (Å²) in [7, 11) is 0. The highest BCUT2D eigenvalue weighted by Crippen LogP contribution is 2.65. The Labute approximate surface area is 199 Å². The summed E-state index contributed by atoms with van der Waals surface area (Å²) in [5.41, 5.74) is 2.18. The molecule has 1 fully saturated rings. The zero-order valence-electron chi connectivity index (χ0n) is 18.1. The lowest BCUT2D eigenvalue weighted by Gasteiger charge is -2.54. The van der Waals surface area contributed by atoms with Gasteiger partial charge >= 0.3 is 6.18 Å². The van der Waals surface area contributed by atoms with Crippen LogP contribution in [0, 0.1) is 11.8 Å². The normalized spacial score (nSPS) is 27.0. The highest BCUT2D eigenvalue weighted by molar-refractivity contribution is 6.31. The largest absolute Gasteiger partial charge is 0.417 e. The molecule has 1 aliphatic heterocycles. The number of carbonyl (C=O) groups is 2. The maximum atomic E-state index is 14.0. The molecule has 172 valence electrons. The average Bonchev–Trinajstić information content (AvgIpc) is 3.09. The molecule has 3 aliphatic carbocycles. The molecule has 3 nitrogen and oxygen atoms in total. The fraction of sp³-hybridized carbons (Fsp3) is 0.259. The number of benzene rings is 3. The number of nitrogens with zero attached hydrogens (tertiary/aromatic N) is 1. The van der Waals surface area contributed by atoms with Crippen LogP contribution in [0.4, 0.5) is 18.9 Å². The van der Waals surface area contributed by atoms with Crippen molar-refractivity contribution >= 4 is 29.1 Å². The molecule has 1 saturated heterocycles. The van der Waals surface area contributed by atoms with Crippen LogP contribution in [0.15, 0.2) is 66.7 Å². The zero-order valence-corrected chi connectivity index (χ0v) is 18.8. The molecule has 34 heavy (non-hydrogen) atoms. The van der Waals surface area contributed by atoms with Crippen LogP contribution in [0.1, 0.15) is 47.1 Å². The summed E-state index contributed by atoms with van der Waals surface area (Å²) in [6.45, 7) is 2.00. The zero-order chi connectivity index (χ0) is 24.0. The molecule has 3 aromatic carbocycles. The molecule has 0 saturated carbocycles. The Bertz CT molecular complexity index is 1330. The van der Waals surface area contributed by atoms with Crippen molar-refractivity contribution < 1.29 is 22.8 Å². The van der Waals surface area contributed by atoms with Crippen molar-refractivity contribution in [3.05, 3.63) is 99.6 Å².